The molecule has 30 heavy (non-hydrogen) atoms. The Kier molecular flexibility index (Phi) is 6.70. The molecule has 2 aromatic carbocycles. The highest BCUT2D eigenvalue weighted by Gasteiger charge is 2.33. The van der Waals surface area contributed by atoms with Gasteiger partial charge in [0.1, 0.15) is 6.04 Å². The Morgan fingerprint density at radius 2 is 1.83 bits per heavy atom. The number of alkyl halides is 3. The van der Waals surface area contributed by atoms with Crippen LogP contribution in [0, 0.1) is 10.1 Å². The number of rotatable bonds is 7. The summed E-state index contributed by atoms with van der Waals surface area (Å²) in [6, 6.07) is 7.26. The largest absolute Gasteiger partial charge is 0.416 e. The molecule has 0 unspecified atom stereocenters. The van der Waals surface area contributed by atoms with E-state index >= 15 is 0 Å². The lowest BCUT2D eigenvalue weighted by Gasteiger charge is -2.30. The molecule has 0 saturated carbocycles. The van der Waals surface area contributed by atoms with Gasteiger partial charge >= 0.3 is 6.18 Å². The fourth-order valence-corrected chi connectivity index (χ4v) is 4.01. The first-order valence-corrected chi connectivity index (χ1v) is 10.4. The van der Waals surface area contributed by atoms with Gasteiger partial charge in [0.05, 0.1) is 22.4 Å². The number of non-ortho nitro benzene ring substituents is 1. The molecule has 0 fully saturated rings. The third-order valence-corrected chi connectivity index (χ3v) is 5.26. The fraction of sp³-hybridized carbons (Fsp3) is 0.278. The topological polar surface area (TPSA) is 110 Å². The number of nitrogens with one attached hydrogen (secondary N) is 1. The van der Waals surface area contributed by atoms with E-state index < -0.39 is 38.6 Å². The second-order valence-electron chi connectivity index (χ2n) is 6.33. The second kappa shape index (κ2) is 8.69. The lowest BCUT2D eigenvalue weighted by molar-refractivity contribution is -0.384. The van der Waals surface area contributed by atoms with Gasteiger partial charge in [-0.1, -0.05) is 19.1 Å². The molecule has 0 aliphatic carbocycles. The van der Waals surface area contributed by atoms with Crippen molar-refractivity contribution in [3.8, 4) is 0 Å². The van der Waals surface area contributed by atoms with E-state index in [0.717, 1.165) is 36.6 Å². The van der Waals surface area contributed by atoms with E-state index in [-0.39, 0.29) is 23.5 Å². The van der Waals surface area contributed by atoms with Crippen LogP contribution in [0.4, 0.5) is 30.2 Å². The highest BCUT2D eigenvalue weighted by Crippen LogP contribution is 2.31. The standard InChI is InChI=1S/C18H18F3N3O5S/c1-3-16(17(25)22-13-7-4-6-12(10-13)18(19,20)21)23(30(2,28)29)14-8-5-9-15(11-14)24(26)27/h4-11,16H,3H2,1-2H3,(H,22,25)/t16-/m0/s1. The molecule has 0 spiro atoms. The average molecular weight is 445 g/mol. The molecule has 1 atom stereocenters. The van der Waals surface area contributed by atoms with Crippen LogP contribution in [0.15, 0.2) is 48.5 Å². The zero-order valence-corrected chi connectivity index (χ0v) is 16.7. The van der Waals surface area contributed by atoms with Crippen LogP contribution in [0.2, 0.25) is 0 Å². The van der Waals surface area contributed by atoms with Gasteiger partial charge in [-0.05, 0) is 30.7 Å². The summed E-state index contributed by atoms with van der Waals surface area (Å²) in [6.45, 7) is 1.51. The van der Waals surface area contributed by atoms with Crippen LogP contribution in [0.25, 0.3) is 0 Å². The quantitative estimate of drug-likeness (QED) is 0.515. The molecule has 0 bridgehead atoms. The normalized spacial score (nSPS) is 12.8. The number of nitro groups is 1. The third kappa shape index (κ3) is 5.47. The predicted molar refractivity (Wildman–Crippen MR) is 105 cm³/mol. The highest BCUT2D eigenvalue weighted by atomic mass is 32.2. The van der Waals surface area contributed by atoms with E-state index in [1.807, 2.05) is 0 Å². The van der Waals surface area contributed by atoms with Gasteiger partial charge in [0.15, 0.2) is 0 Å². The number of hydrogen-bond acceptors (Lipinski definition) is 5. The molecule has 0 radical (unpaired) electrons. The molecular weight excluding hydrogens is 427 g/mol. The van der Waals surface area contributed by atoms with Crippen molar-refractivity contribution in [2.75, 3.05) is 15.9 Å². The second-order valence-corrected chi connectivity index (χ2v) is 8.19. The van der Waals surface area contributed by atoms with E-state index in [1.165, 1.54) is 25.1 Å². The van der Waals surface area contributed by atoms with E-state index in [1.54, 1.807) is 0 Å². The van der Waals surface area contributed by atoms with Gasteiger partial charge in [0.25, 0.3) is 5.69 Å². The van der Waals surface area contributed by atoms with Crippen molar-refractivity contribution in [3.05, 3.63) is 64.2 Å². The van der Waals surface area contributed by atoms with Gasteiger partial charge in [0, 0.05) is 17.8 Å². The Labute approximate surface area is 170 Å². The molecule has 162 valence electrons. The molecule has 12 heteroatoms. The number of carbonyl (C=O) groups is 1. The Morgan fingerprint density at radius 1 is 1.20 bits per heavy atom. The number of anilines is 2. The Balaban J connectivity index is 2.42. The monoisotopic (exact) mass is 445 g/mol. The summed E-state index contributed by atoms with van der Waals surface area (Å²) in [6.07, 6.45) is -3.83. The minimum atomic E-state index is -4.62. The molecule has 8 nitrogen and oxygen atoms in total. The smallest absolute Gasteiger partial charge is 0.324 e. The molecule has 2 aromatic rings. The van der Waals surface area contributed by atoms with Crippen molar-refractivity contribution in [1.29, 1.82) is 0 Å². The van der Waals surface area contributed by atoms with Crippen LogP contribution < -0.4 is 9.62 Å². The number of halogens is 3. The van der Waals surface area contributed by atoms with Gasteiger partial charge in [-0.25, -0.2) is 8.42 Å². The summed E-state index contributed by atoms with van der Waals surface area (Å²) in [5.41, 5.74) is -1.64. The minimum Gasteiger partial charge on any atom is -0.324 e. The SMILES string of the molecule is CC[C@@H](C(=O)Nc1cccc(C(F)(F)F)c1)N(c1cccc([N+](=O)[O-])c1)S(C)(=O)=O. The van der Waals surface area contributed by atoms with E-state index in [0.29, 0.717) is 4.31 Å². The Hall–Kier alpha value is -3.15. The number of sulfonamides is 1. The first-order chi connectivity index (χ1) is 13.8. The summed E-state index contributed by atoms with van der Waals surface area (Å²) in [4.78, 5) is 23.1. The molecule has 0 aromatic heterocycles. The van der Waals surface area contributed by atoms with Crippen LogP contribution in [-0.4, -0.2) is 31.5 Å². The number of nitrogens with zero attached hydrogens (tertiary/aromatic N) is 2. The lowest BCUT2D eigenvalue weighted by Crippen LogP contribution is -2.47. The van der Waals surface area contributed by atoms with Crippen LogP contribution in [0.5, 0.6) is 0 Å². The van der Waals surface area contributed by atoms with E-state index in [2.05, 4.69) is 5.32 Å². The van der Waals surface area contributed by atoms with Gasteiger partial charge in [0.2, 0.25) is 15.9 Å². The van der Waals surface area contributed by atoms with Crippen LogP contribution in [-0.2, 0) is 21.0 Å². The van der Waals surface area contributed by atoms with Crippen LogP contribution >= 0.6 is 0 Å². The number of amides is 1. The zero-order chi connectivity index (χ0) is 22.7. The molecule has 1 amide bonds. The average Bonchev–Trinajstić information content (AvgIpc) is 2.64. The Morgan fingerprint density at radius 3 is 2.37 bits per heavy atom. The number of carbonyl (C=O) groups excluding carboxylic acids is 1. The van der Waals surface area contributed by atoms with Crippen molar-refractivity contribution in [2.45, 2.75) is 25.6 Å². The molecule has 2 rings (SSSR count). The number of benzene rings is 2. The summed E-state index contributed by atoms with van der Waals surface area (Å²) >= 11 is 0. The lowest BCUT2D eigenvalue weighted by atomic mass is 10.1. The fourth-order valence-electron chi connectivity index (χ4n) is 2.80. The first kappa shape index (κ1) is 23.1. The maximum Gasteiger partial charge on any atom is 0.416 e. The van der Waals surface area contributed by atoms with Gasteiger partial charge in [-0.15, -0.1) is 0 Å². The number of nitro benzene ring substituents is 1. The summed E-state index contributed by atoms with van der Waals surface area (Å²) in [5, 5.41) is 13.3. The van der Waals surface area contributed by atoms with Crippen molar-refractivity contribution >= 4 is 33.0 Å². The highest BCUT2D eigenvalue weighted by molar-refractivity contribution is 7.92. The van der Waals surface area contributed by atoms with Crippen LogP contribution in [0.1, 0.15) is 18.9 Å². The molecule has 1 N–H and O–H groups in total. The van der Waals surface area contributed by atoms with Crippen molar-refractivity contribution in [3.63, 3.8) is 0 Å². The maximum atomic E-state index is 12.9. The third-order valence-electron chi connectivity index (χ3n) is 4.08. The Bertz CT molecular complexity index is 1060. The van der Waals surface area contributed by atoms with Crippen molar-refractivity contribution < 1.29 is 31.3 Å². The zero-order valence-electron chi connectivity index (χ0n) is 15.9. The molecule has 0 aliphatic heterocycles. The molecule has 0 heterocycles. The van der Waals surface area contributed by atoms with Gasteiger partial charge in [-0.3, -0.25) is 19.2 Å². The molecule has 0 saturated heterocycles. The van der Waals surface area contributed by atoms with E-state index in [4.69, 9.17) is 0 Å². The van der Waals surface area contributed by atoms with E-state index in [9.17, 15) is 36.5 Å². The summed E-state index contributed by atoms with van der Waals surface area (Å²) < 4.78 is 64.1. The molecular formula is C18H18F3N3O5S. The van der Waals surface area contributed by atoms with Crippen molar-refractivity contribution in [2.24, 2.45) is 0 Å². The predicted octanol–water partition coefficient (Wildman–Crippen LogP) is 3.80. The molecule has 0 aliphatic rings. The summed E-state index contributed by atoms with van der Waals surface area (Å²) in [5.74, 6) is -0.881. The van der Waals surface area contributed by atoms with Gasteiger partial charge < -0.3 is 5.32 Å². The minimum absolute atomic E-state index is 0.0411. The van der Waals surface area contributed by atoms with Crippen LogP contribution in [0.3, 0.4) is 0 Å². The maximum absolute atomic E-state index is 12.9. The van der Waals surface area contributed by atoms with Gasteiger partial charge in [-0.2, -0.15) is 13.2 Å². The number of hydrogen-bond donors (Lipinski definition) is 1. The van der Waals surface area contributed by atoms with Crippen molar-refractivity contribution in [1.82, 2.24) is 0 Å². The first-order valence-electron chi connectivity index (χ1n) is 8.56. The summed E-state index contributed by atoms with van der Waals surface area (Å²) in [7, 11) is -4.07.